The van der Waals surface area contributed by atoms with Gasteiger partial charge in [-0.1, -0.05) is 0 Å². The second kappa shape index (κ2) is 12.4. The SMILES string of the molecule is COc1ccc2nccc(CCCc3csc(SCCOC(=O)C[C@H]4CCCNC4)c3)c2c1. The van der Waals surface area contributed by atoms with Gasteiger partial charge >= 0.3 is 5.97 Å². The van der Waals surface area contributed by atoms with Crippen LogP contribution in [-0.2, 0) is 22.4 Å². The molecule has 7 heteroatoms. The molecule has 2 aromatic heterocycles. The topological polar surface area (TPSA) is 60.5 Å². The van der Waals surface area contributed by atoms with Crippen molar-refractivity contribution < 1.29 is 14.3 Å². The highest BCUT2D eigenvalue weighted by molar-refractivity contribution is 8.01. The van der Waals surface area contributed by atoms with Gasteiger partial charge in [-0.15, -0.1) is 23.1 Å². The number of fused-ring (bicyclic) bond motifs is 1. The maximum absolute atomic E-state index is 12.0. The molecule has 3 aromatic rings. The van der Waals surface area contributed by atoms with Gasteiger partial charge < -0.3 is 14.8 Å². The second-order valence-corrected chi connectivity index (χ2v) is 10.8. The largest absolute Gasteiger partial charge is 0.497 e. The van der Waals surface area contributed by atoms with Crippen molar-refractivity contribution in [2.45, 2.75) is 42.7 Å². The molecule has 1 aliphatic heterocycles. The number of benzene rings is 1. The van der Waals surface area contributed by atoms with Crippen LogP contribution in [0.2, 0.25) is 0 Å². The molecule has 0 amide bonds. The minimum absolute atomic E-state index is 0.0579. The van der Waals surface area contributed by atoms with Crippen LogP contribution in [0.1, 0.15) is 36.8 Å². The summed E-state index contributed by atoms with van der Waals surface area (Å²) in [4.78, 5) is 16.5. The van der Waals surface area contributed by atoms with Crippen molar-refractivity contribution in [3.63, 3.8) is 0 Å². The lowest BCUT2D eigenvalue weighted by atomic mass is 9.96. The molecule has 1 fully saturated rings. The number of carbonyl (C=O) groups is 1. The minimum atomic E-state index is -0.0579. The first-order valence-electron chi connectivity index (χ1n) is 11.7. The molecule has 33 heavy (non-hydrogen) atoms. The fourth-order valence-corrected chi connectivity index (χ4v) is 6.20. The Bertz CT molecular complexity index is 1050. The number of nitrogens with one attached hydrogen (secondary N) is 1. The van der Waals surface area contributed by atoms with E-state index in [9.17, 15) is 4.79 Å². The number of methoxy groups -OCH3 is 1. The molecular weight excluding hydrogens is 452 g/mol. The highest BCUT2D eigenvalue weighted by atomic mass is 32.2. The Morgan fingerprint density at radius 3 is 3.06 bits per heavy atom. The highest BCUT2D eigenvalue weighted by Gasteiger charge is 2.17. The summed E-state index contributed by atoms with van der Waals surface area (Å²) < 4.78 is 12.1. The van der Waals surface area contributed by atoms with Gasteiger partial charge in [0.2, 0.25) is 0 Å². The van der Waals surface area contributed by atoms with Gasteiger partial charge in [-0.05, 0) is 98.0 Å². The van der Waals surface area contributed by atoms with E-state index in [1.54, 1.807) is 30.2 Å². The number of aromatic nitrogens is 1. The van der Waals surface area contributed by atoms with Gasteiger partial charge in [0.25, 0.3) is 0 Å². The number of rotatable bonds is 11. The highest BCUT2D eigenvalue weighted by Crippen LogP contribution is 2.28. The van der Waals surface area contributed by atoms with E-state index in [-0.39, 0.29) is 5.97 Å². The molecule has 0 saturated carbocycles. The van der Waals surface area contributed by atoms with Crippen LogP contribution >= 0.6 is 23.1 Å². The zero-order valence-corrected chi connectivity index (χ0v) is 20.8. The van der Waals surface area contributed by atoms with Crippen molar-refractivity contribution in [3.05, 3.63) is 53.0 Å². The van der Waals surface area contributed by atoms with E-state index >= 15 is 0 Å². The van der Waals surface area contributed by atoms with Crippen molar-refractivity contribution in [2.75, 3.05) is 32.6 Å². The third kappa shape index (κ3) is 7.19. The first-order chi connectivity index (χ1) is 16.2. The number of nitrogens with zero attached hydrogens (tertiary/aromatic N) is 1. The quantitative estimate of drug-likeness (QED) is 0.220. The normalized spacial score (nSPS) is 16.1. The van der Waals surface area contributed by atoms with Crippen molar-refractivity contribution in [1.82, 2.24) is 10.3 Å². The van der Waals surface area contributed by atoms with Gasteiger partial charge in [0.15, 0.2) is 0 Å². The van der Waals surface area contributed by atoms with Crippen LogP contribution in [0, 0.1) is 5.92 Å². The van der Waals surface area contributed by atoms with Gasteiger partial charge in [0.1, 0.15) is 12.4 Å². The first kappa shape index (κ1) is 24.0. The van der Waals surface area contributed by atoms with Gasteiger partial charge in [-0.2, -0.15) is 0 Å². The number of hydrogen-bond acceptors (Lipinski definition) is 7. The molecule has 0 radical (unpaired) electrons. The Balaban J connectivity index is 1.17. The molecule has 1 aromatic carbocycles. The van der Waals surface area contributed by atoms with E-state index in [1.165, 1.54) is 20.7 Å². The average molecular weight is 485 g/mol. The summed E-state index contributed by atoms with van der Waals surface area (Å²) in [5.74, 6) is 2.05. The molecule has 0 bridgehead atoms. The van der Waals surface area contributed by atoms with Crippen molar-refractivity contribution >= 4 is 40.0 Å². The van der Waals surface area contributed by atoms with Gasteiger partial charge in [-0.3, -0.25) is 9.78 Å². The first-order valence-corrected chi connectivity index (χ1v) is 13.6. The summed E-state index contributed by atoms with van der Waals surface area (Å²) in [5.41, 5.74) is 3.70. The predicted molar refractivity (Wildman–Crippen MR) is 137 cm³/mol. The molecule has 5 nitrogen and oxygen atoms in total. The summed E-state index contributed by atoms with van der Waals surface area (Å²) in [6.07, 6.45) is 7.86. The number of thioether (sulfide) groups is 1. The predicted octanol–water partition coefficient (Wildman–Crippen LogP) is 5.51. The van der Waals surface area contributed by atoms with Crippen LogP contribution in [0.5, 0.6) is 5.75 Å². The minimum Gasteiger partial charge on any atom is -0.497 e. The van der Waals surface area contributed by atoms with Crippen LogP contribution in [0.3, 0.4) is 0 Å². The molecular formula is C26H32N2O3S2. The number of hydrogen-bond donors (Lipinski definition) is 1. The van der Waals surface area contributed by atoms with E-state index in [2.05, 4.69) is 33.9 Å². The number of aryl methyl sites for hydroxylation is 2. The number of thiophene rings is 1. The molecule has 0 aliphatic carbocycles. The number of esters is 1. The summed E-state index contributed by atoms with van der Waals surface area (Å²) in [5, 5.41) is 6.77. The molecule has 1 saturated heterocycles. The standard InChI is InChI=1S/C26H32N2O3S2/c1-30-22-7-8-24-23(16-22)21(9-11-28-24)6-2-4-20-15-26(33-18-20)32-13-12-31-25(29)14-19-5-3-10-27-17-19/h7-9,11,15-16,18-19,27H,2-6,10,12-14,17H2,1H3/t19-/m1/s1. The Morgan fingerprint density at radius 1 is 1.27 bits per heavy atom. The second-order valence-electron chi connectivity index (χ2n) is 8.47. The monoisotopic (exact) mass is 484 g/mol. The van der Waals surface area contributed by atoms with Crippen LogP contribution in [0.25, 0.3) is 10.9 Å². The van der Waals surface area contributed by atoms with E-state index < -0.39 is 0 Å². The van der Waals surface area contributed by atoms with Crippen LogP contribution in [0.15, 0.2) is 46.1 Å². The molecule has 176 valence electrons. The third-order valence-electron chi connectivity index (χ3n) is 6.03. The van der Waals surface area contributed by atoms with Crippen molar-refractivity contribution in [3.8, 4) is 5.75 Å². The Labute approximate surface area is 204 Å². The van der Waals surface area contributed by atoms with Crippen molar-refractivity contribution in [1.29, 1.82) is 0 Å². The number of carbonyl (C=O) groups excluding carboxylic acids is 1. The van der Waals surface area contributed by atoms with Crippen molar-refractivity contribution in [2.24, 2.45) is 5.92 Å². The van der Waals surface area contributed by atoms with E-state index in [0.29, 0.717) is 18.9 Å². The molecule has 1 aliphatic rings. The molecule has 0 spiro atoms. The summed E-state index contributed by atoms with van der Waals surface area (Å²) >= 11 is 3.55. The molecule has 4 rings (SSSR count). The zero-order chi connectivity index (χ0) is 22.9. The Kier molecular flexibility index (Phi) is 9.03. The lowest BCUT2D eigenvalue weighted by Gasteiger charge is -2.21. The molecule has 1 atom stereocenters. The average Bonchev–Trinajstić information content (AvgIpc) is 3.30. The maximum Gasteiger partial charge on any atom is 0.306 e. The summed E-state index contributed by atoms with van der Waals surface area (Å²) in [7, 11) is 1.70. The number of pyridine rings is 1. The summed E-state index contributed by atoms with van der Waals surface area (Å²) in [6.45, 7) is 2.49. The summed E-state index contributed by atoms with van der Waals surface area (Å²) in [6, 6.07) is 10.4. The van der Waals surface area contributed by atoms with Gasteiger partial charge in [0.05, 0.1) is 16.8 Å². The van der Waals surface area contributed by atoms with Gasteiger partial charge in [0, 0.05) is 23.8 Å². The van der Waals surface area contributed by atoms with Crippen LogP contribution in [0.4, 0.5) is 0 Å². The van der Waals surface area contributed by atoms with E-state index in [4.69, 9.17) is 9.47 Å². The lowest BCUT2D eigenvalue weighted by molar-refractivity contribution is -0.144. The molecule has 0 unspecified atom stereocenters. The molecule has 3 heterocycles. The molecule has 1 N–H and O–H groups in total. The van der Waals surface area contributed by atoms with E-state index in [0.717, 1.165) is 62.2 Å². The van der Waals surface area contributed by atoms with Crippen LogP contribution < -0.4 is 10.1 Å². The Hall–Kier alpha value is -2.09. The maximum atomic E-state index is 12.0. The smallest absolute Gasteiger partial charge is 0.306 e. The fraction of sp³-hybridized carbons (Fsp3) is 0.462. The van der Waals surface area contributed by atoms with E-state index in [1.807, 2.05) is 18.3 Å². The zero-order valence-electron chi connectivity index (χ0n) is 19.2. The Morgan fingerprint density at radius 2 is 2.21 bits per heavy atom. The number of piperidine rings is 1. The lowest BCUT2D eigenvalue weighted by Crippen LogP contribution is -2.31. The third-order valence-corrected chi connectivity index (χ3v) is 8.21. The van der Waals surface area contributed by atoms with Crippen LogP contribution in [-0.4, -0.2) is 43.5 Å². The van der Waals surface area contributed by atoms with Gasteiger partial charge in [-0.25, -0.2) is 0 Å². The number of ether oxygens (including phenoxy) is 2. The fourth-order valence-electron chi connectivity index (χ4n) is 4.26.